The van der Waals surface area contributed by atoms with Gasteiger partial charge in [-0.25, -0.2) is 0 Å². The minimum Gasteiger partial charge on any atom is -0.347 e. The molecule has 0 fully saturated rings. The van der Waals surface area contributed by atoms with E-state index in [9.17, 15) is 4.79 Å². The third-order valence-electron chi connectivity index (χ3n) is 3.91. The van der Waals surface area contributed by atoms with Crippen LogP contribution in [0.3, 0.4) is 0 Å². The van der Waals surface area contributed by atoms with Crippen molar-refractivity contribution in [3.8, 4) is 0 Å². The molecule has 1 aromatic heterocycles. The molecule has 0 unspecified atom stereocenters. The molecule has 0 aliphatic carbocycles. The van der Waals surface area contributed by atoms with Gasteiger partial charge < -0.3 is 4.57 Å². The van der Waals surface area contributed by atoms with E-state index in [1.54, 1.807) is 6.92 Å². The number of fused-ring (bicyclic) bond motifs is 1. The third kappa shape index (κ3) is 3.06. The molecule has 0 saturated heterocycles. The molecule has 0 aliphatic heterocycles. The maximum Gasteiger partial charge on any atom is 0.159 e. The molecule has 0 bridgehead atoms. The summed E-state index contributed by atoms with van der Waals surface area (Å²) in [5.74, 6) is 0.875. The largest absolute Gasteiger partial charge is 0.347 e. The second-order valence-corrected chi connectivity index (χ2v) is 5.36. The number of Topliss-reactive ketones (excluding diaryl/α,β-unsaturated/α-hetero) is 1. The van der Waals surface area contributed by atoms with Gasteiger partial charge in [-0.15, -0.1) is 0 Å². The smallest absolute Gasteiger partial charge is 0.159 e. The Balaban J connectivity index is 2.27. The third-order valence-corrected chi connectivity index (χ3v) is 3.91. The molecular formula is C17H23NO. The first-order valence-corrected chi connectivity index (χ1v) is 7.25. The van der Waals surface area contributed by atoms with Crippen LogP contribution in [0.4, 0.5) is 0 Å². The second kappa shape index (κ2) is 6.05. The molecule has 0 amide bonds. The van der Waals surface area contributed by atoms with Crippen molar-refractivity contribution in [3.05, 3.63) is 36.0 Å². The molecule has 0 radical (unpaired) electrons. The molecule has 2 aromatic rings. The van der Waals surface area contributed by atoms with Gasteiger partial charge in [0.2, 0.25) is 0 Å². The molecule has 0 aliphatic rings. The Kier molecular flexibility index (Phi) is 4.41. The van der Waals surface area contributed by atoms with Crippen LogP contribution in [0.15, 0.2) is 30.5 Å². The summed E-state index contributed by atoms with van der Waals surface area (Å²) in [6, 6.07) is 8.11. The Morgan fingerprint density at radius 3 is 2.68 bits per heavy atom. The molecule has 1 aromatic carbocycles. The van der Waals surface area contributed by atoms with Crippen LogP contribution in [-0.2, 0) is 6.54 Å². The number of hydrogen-bond donors (Lipinski definition) is 0. The fraction of sp³-hybridized carbons (Fsp3) is 0.471. The van der Waals surface area contributed by atoms with Crippen LogP contribution in [0.5, 0.6) is 0 Å². The van der Waals surface area contributed by atoms with Gasteiger partial charge in [-0.05, 0) is 43.5 Å². The Morgan fingerprint density at radius 2 is 2.05 bits per heavy atom. The summed E-state index contributed by atoms with van der Waals surface area (Å²) in [6.45, 7) is 7.20. The van der Waals surface area contributed by atoms with Gasteiger partial charge in [-0.3, -0.25) is 4.79 Å². The van der Waals surface area contributed by atoms with Gasteiger partial charge >= 0.3 is 0 Å². The Morgan fingerprint density at radius 1 is 1.26 bits per heavy atom. The fourth-order valence-corrected chi connectivity index (χ4v) is 2.69. The number of nitrogens with zero attached hydrogens (tertiary/aromatic N) is 1. The van der Waals surface area contributed by atoms with E-state index in [1.165, 1.54) is 30.2 Å². The monoisotopic (exact) mass is 257 g/mol. The molecular weight excluding hydrogens is 234 g/mol. The average molecular weight is 257 g/mol. The van der Waals surface area contributed by atoms with Gasteiger partial charge in [-0.1, -0.05) is 26.7 Å². The summed E-state index contributed by atoms with van der Waals surface area (Å²) in [4.78, 5) is 11.4. The summed E-state index contributed by atoms with van der Waals surface area (Å²) in [7, 11) is 0. The molecule has 0 spiro atoms. The molecule has 0 N–H and O–H groups in total. The molecule has 102 valence electrons. The summed E-state index contributed by atoms with van der Waals surface area (Å²) < 4.78 is 2.32. The highest BCUT2D eigenvalue weighted by Crippen LogP contribution is 2.21. The Labute approximate surface area is 115 Å². The van der Waals surface area contributed by atoms with Crippen molar-refractivity contribution in [2.45, 2.75) is 46.6 Å². The lowest BCUT2D eigenvalue weighted by atomic mass is 10.0. The zero-order valence-corrected chi connectivity index (χ0v) is 12.1. The lowest BCUT2D eigenvalue weighted by Gasteiger charge is -2.15. The maximum atomic E-state index is 11.4. The molecule has 19 heavy (non-hydrogen) atoms. The average Bonchev–Trinajstić information content (AvgIpc) is 2.80. The Bertz CT molecular complexity index is 568. The summed E-state index contributed by atoms with van der Waals surface area (Å²) >= 11 is 0. The minimum atomic E-state index is 0.132. The fourth-order valence-electron chi connectivity index (χ4n) is 2.69. The van der Waals surface area contributed by atoms with E-state index in [0.29, 0.717) is 0 Å². The van der Waals surface area contributed by atoms with E-state index in [1.807, 2.05) is 12.1 Å². The SMILES string of the molecule is CCC[C@H](CC)Cn1ccc2cc(C(C)=O)ccc21. The van der Waals surface area contributed by atoms with Gasteiger partial charge in [0.05, 0.1) is 0 Å². The van der Waals surface area contributed by atoms with Crippen LogP contribution in [0, 0.1) is 5.92 Å². The van der Waals surface area contributed by atoms with Crippen LogP contribution in [0.25, 0.3) is 10.9 Å². The van der Waals surface area contributed by atoms with Gasteiger partial charge in [0.1, 0.15) is 0 Å². The zero-order valence-electron chi connectivity index (χ0n) is 12.1. The van der Waals surface area contributed by atoms with E-state index in [4.69, 9.17) is 0 Å². The predicted octanol–water partition coefficient (Wildman–Crippen LogP) is 4.67. The first-order chi connectivity index (χ1) is 9.15. The highest BCUT2D eigenvalue weighted by Gasteiger charge is 2.09. The molecule has 2 rings (SSSR count). The van der Waals surface area contributed by atoms with Crippen molar-refractivity contribution in [2.24, 2.45) is 5.92 Å². The highest BCUT2D eigenvalue weighted by atomic mass is 16.1. The van der Waals surface area contributed by atoms with Crippen LogP contribution >= 0.6 is 0 Å². The Hall–Kier alpha value is -1.57. The number of aromatic nitrogens is 1. The van der Waals surface area contributed by atoms with E-state index >= 15 is 0 Å². The lowest BCUT2D eigenvalue weighted by Crippen LogP contribution is -2.08. The normalized spacial score (nSPS) is 12.8. The first-order valence-electron chi connectivity index (χ1n) is 7.25. The van der Waals surface area contributed by atoms with E-state index in [0.717, 1.165) is 18.0 Å². The number of rotatable bonds is 6. The van der Waals surface area contributed by atoms with Crippen LogP contribution in [-0.4, -0.2) is 10.4 Å². The topological polar surface area (TPSA) is 22.0 Å². The summed E-state index contributed by atoms with van der Waals surface area (Å²) in [5, 5.41) is 1.17. The number of benzene rings is 1. The molecule has 2 heteroatoms. The summed E-state index contributed by atoms with van der Waals surface area (Å²) in [6.07, 6.45) is 5.89. The molecule has 1 heterocycles. The summed E-state index contributed by atoms with van der Waals surface area (Å²) in [5.41, 5.74) is 2.03. The van der Waals surface area contributed by atoms with E-state index in [2.05, 4.69) is 36.7 Å². The van der Waals surface area contributed by atoms with Crippen LogP contribution < -0.4 is 0 Å². The molecule has 0 saturated carbocycles. The highest BCUT2D eigenvalue weighted by molar-refractivity contribution is 5.98. The first kappa shape index (κ1) is 13.9. The van der Waals surface area contributed by atoms with Crippen molar-refractivity contribution in [2.75, 3.05) is 0 Å². The van der Waals surface area contributed by atoms with Crippen molar-refractivity contribution in [1.82, 2.24) is 4.57 Å². The van der Waals surface area contributed by atoms with Crippen molar-refractivity contribution >= 4 is 16.7 Å². The number of ketones is 1. The van der Waals surface area contributed by atoms with Gasteiger partial charge in [0.25, 0.3) is 0 Å². The number of hydrogen-bond acceptors (Lipinski definition) is 1. The van der Waals surface area contributed by atoms with Crippen molar-refractivity contribution in [3.63, 3.8) is 0 Å². The van der Waals surface area contributed by atoms with Crippen LogP contribution in [0.2, 0.25) is 0 Å². The van der Waals surface area contributed by atoms with Gasteiger partial charge in [0.15, 0.2) is 5.78 Å². The standard InChI is InChI=1S/C17H23NO/c1-4-6-14(5-2)12-18-10-9-16-11-15(13(3)19)7-8-17(16)18/h7-11,14H,4-6,12H2,1-3H3/t14-/m0/s1. The molecule has 1 atom stereocenters. The number of carbonyl (C=O) groups is 1. The maximum absolute atomic E-state index is 11.4. The lowest BCUT2D eigenvalue weighted by molar-refractivity contribution is 0.101. The van der Waals surface area contributed by atoms with Gasteiger partial charge in [0, 0.05) is 29.2 Å². The predicted molar refractivity (Wildman–Crippen MR) is 80.6 cm³/mol. The quantitative estimate of drug-likeness (QED) is 0.689. The van der Waals surface area contributed by atoms with E-state index < -0.39 is 0 Å². The van der Waals surface area contributed by atoms with E-state index in [-0.39, 0.29) is 5.78 Å². The second-order valence-electron chi connectivity index (χ2n) is 5.36. The zero-order chi connectivity index (χ0) is 13.8. The van der Waals surface area contributed by atoms with Gasteiger partial charge in [-0.2, -0.15) is 0 Å². The number of carbonyl (C=O) groups excluding carboxylic acids is 1. The van der Waals surface area contributed by atoms with Crippen molar-refractivity contribution < 1.29 is 4.79 Å². The van der Waals surface area contributed by atoms with Crippen LogP contribution in [0.1, 0.15) is 50.4 Å². The molecule has 2 nitrogen and oxygen atoms in total. The van der Waals surface area contributed by atoms with Crippen molar-refractivity contribution in [1.29, 1.82) is 0 Å². The minimum absolute atomic E-state index is 0.132.